The lowest BCUT2D eigenvalue weighted by Crippen LogP contribution is -2.47. The molecule has 0 unspecified atom stereocenters. The molecule has 23 heavy (non-hydrogen) atoms. The molecule has 0 saturated carbocycles. The Hall–Kier alpha value is -2.50. The largest absolute Gasteiger partial charge is 0.492 e. The Balaban J connectivity index is 1.71. The molecule has 6 heteroatoms. The van der Waals surface area contributed by atoms with E-state index in [1.807, 2.05) is 6.92 Å². The van der Waals surface area contributed by atoms with Gasteiger partial charge in [0.2, 0.25) is 0 Å². The maximum absolute atomic E-state index is 11.1. The van der Waals surface area contributed by atoms with E-state index < -0.39 is 0 Å². The van der Waals surface area contributed by atoms with E-state index in [-0.39, 0.29) is 5.56 Å². The number of hydrogen-bond acceptors (Lipinski definition) is 5. The molecule has 3 rings (SSSR count). The summed E-state index contributed by atoms with van der Waals surface area (Å²) in [6.07, 6.45) is 0. The van der Waals surface area contributed by atoms with Gasteiger partial charge >= 0.3 is 0 Å². The van der Waals surface area contributed by atoms with Crippen molar-refractivity contribution in [3.05, 3.63) is 46.2 Å². The van der Waals surface area contributed by atoms with Crippen LogP contribution in [-0.4, -0.2) is 43.0 Å². The summed E-state index contributed by atoms with van der Waals surface area (Å²) in [5.41, 5.74) is 2.17. The number of anilines is 2. The second-order valence-corrected chi connectivity index (χ2v) is 5.66. The lowest BCUT2D eigenvalue weighted by atomic mass is 10.1. The Morgan fingerprint density at radius 1 is 1.13 bits per heavy atom. The van der Waals surface area contributed by atoms with Crippen LogP contribution in [0.3, 0.4) is 0 Å². The number of ether oxygens (including phenoxy) is 1. The smallest absolute Gasteiger partial charge is 0.264 e. The molecule has 1 aliphatic rings. The molecule has 1 aromatic heterocycles. The number of nitrogens with zero attached hydrogens (tertiary/aromatic N) is 3. The summed E-state index contributed by atoms with van der Waals surface area (Å²) in [7, 11) is 0. The fraction of sp³-hybridized carbons (Fsp3) is 0.412. The first-order chi connectivity index (χ1) is 11.2. The molecule has 6 nitrogen and oxygen atoms in total. The summed E-state index contributed by atoms with van der Waals surface area (Å²) in [5.74, 6) is 1.77. The van der Waals surface area contributed by atoms with Crippen LogP contribution in [0.15, 0.2) is 35.1 Å². The number of H-pyrrole nitrogens is 1. The van der Waals surface area contributed by atoms with Gasteiger partial charge in [-0.25, -0.2) is 5.10 Å². The molecule has 0 spiro atoms. The van der Waals surface area contributed by atoms with Gasteiger partial charge < -0.3 is 14.5 Å². The lowest BCUT2D eigenvalue weighted by molar-refractivity contribution is 0.340. The second-order valence-electron chi connectivity index (χ2n) is 5.66. The van der Waals surface area contributed by atoms with E-state index in [2.05, 4.69) is 45.1 Å². The average Bonchev–Trinajstić information content (AvgIpc) is 2.56. The molecule has 1 aliphatic heterocycles. The minimum absolute atomic E-state index is 0.173. The summed E-state index contributed by atoms with van der Waals surface area (Å²) < 4.78 is 5.79. The number of piperazine rings is 1. The van der Waals surface area contributed by atoms with Gasteiger partial charge in [0.25, 0.3) is 5.56 Å². The number of benzene rings is 1. The van der Waals surface area contributed by atoms with Gasteiger partial charge in [-0.2, -0.15) is 5.10 Å². The van der Waals surface area contributed by atoms with Gasteiger partial charge in [-0.05, 0) is 37.6 Å². The quantitative estimate of drug-likeness (QED) is 0.932. The van der Waals surface area contributed by atoms with Crippen molar-refractivity contribution in [1.82, 2.24) is 10.2 Å². The van der Waals surface area contributed by atoms with Crippen LogP contribution in [-0.2, 0) is 0 Å². The minimum atomic E-state index is -0.173. The first-order valence-electron chi connectivity index (χ1n) is 7.96. The Labute approximate surface area is 135 Å². The third kappa shape index (κ3) is 3.47. The molecule has 2 heterocycles. The predicted octanol–water partition coefficient (Wildman–Crippen LogP) is 1.80. The Morgan fingerprint density at radius 2 is 1.87 bits per heavy atom. The zero-order valence-electron chi connectivity index (χ0n) is 13.6. The third-order valence-corrected chi connectivity index (χ3v) is 4.02. The van der Waals surface area contributed by atoms with Crippen LogP contribution in [0.1, 0.15) is 12.5 Å². The Morgan fingerprint density at radius 3 is 2.52 bits per heavy atom. The van der Waals surface area contributed by atoms with E-state index in [9.17, 15) is 4.79 Å². The van der Waals surface area contributed by atoms with Crippen molar-refractivity contribution >= 4 is 11.5 Å². The molecule has 0 atom stereocenters. The van der Waals surface area contributed by atoms with Gasteiger partial charge in [0.05, 0.1) is 12.3 Å². The van der Waals surface area contributed by atoms with Crippen molar-refractivity contribution in [1.29, 1.82) is 0 Å². The molecule has 0 amide bonds. The van der Waals surface area contributed by atoms with E-state index in [4.69, 9.17) is 4.74 Å². The summed E-state index contributed by atoms with van der Waals surface area (Å²) in [5, 5.41) is 6.59. The first kappa shape index (κ1) is 15.4. The van der Waals surface area contributed by atoms with Gasteiger partial charge in [0.15, 0.2) is 0 Å². The van der Waals surface area contributed by atoms with Crippen molar-refractivity contribution in [2.75, 3.05) is 42.6 Å². The van der Waals surface area contributed by atoms with Crippen LogP contribution in [0.4, 0.5) is 11.5 Å². The van der Waals surface area contributed by atoms with Crippen LogP contribution in [0.2, 0.25) is 0 Å². The number of aromatic amines is 1. The highest BCUT2D eigenvalue weighted by molar-refractivity contribution is 5.60. The number of aromatic nitrogens is 2. The number of aryl methyl sites for hydroxylation is 1. The number of hydrogen-bond donors (Lipinski definition) is 1. The first-order valence-corrected chi connectivity index (χ1v) is 7.96. The second kappa shape index (κ2) is 6.73. The zero-order valence-corrected chi connectivity index (χ0v) is 13.6. The third-order valence-electron chi connectivity index (χ3n) is 4.02. The molecule has 1 N–H and O–H groups in total. The van der Waals surface area contributed by atoms with Gasteiger partial charge in [-0.1, -0.05) is 6.07 Å². The Bertz CT molecular complexity index is 700. The topological polar surface area (TPSA) is 61.5 Å². The highest BCUT2D eigenvalue weighted by Crippen LogP contribution is 2.30. The van der Waals surface area contributed by atoms with Gasteiger partial charge in [0, 0.05) is 32.2 Å². The minimum Gasteiger partial charge on any atom is -0.492 e. The maximum atomic E-state index is 11.1. The SMILES string of the molecule is CCOc1cc(C)ccc1N1CCN(c2ccc(=O)[nH]n2)CC1. The summed E-state index contributed by atoms with van der Waals surface area (Å²) >= 11 is 0. The molecule has 0 radical (unpaired) electrons. The van der Waals surface area contributed by atoms with Crippen molar-refractivity contribution in [3.8, 4) is 5.75 Å². The van der Waals surface area contributed by atoms with Crippen LogP contribution in [0, 0.1) is 6.92 Å². The van der Waals surface area contributed by atoms with Gasteiger partial charge in [-0.15, -0.1) is 0 Å². The fourth-order valence-corrected chi connectivity index (χ4v) is 2.84. The molecular weight excluding hydrogens is 292 g/mol. The van der Waals surface area contributed by atoms with Crippen LogP contribution in [0.5, 0.6) is 5.75 Å². The van der Waals surface area contributed by atoms with Crippen LogP contribution >= 0.6 is 0 Å². The average molecular weight is 314 g/mol. The normalized spacial score (nSPS) is 14.9. The summed E-state index contributed by atoms with van der Waals surface area (Å²) in [6, 6.07) is 9.63. The van der Waals surface area contributed by atoms with Crippen molar-refractivity contribution in [2.45, 2.75) is 13.8 Å². The molecule has 1 aromatic carbocycles. The van der Waals surface area contributed by atoms with E-state index in [1.54, 1.807) is 6.07 Å². The van der Waals surface area contributed by atoms with Gasteiger partial charge in [-0.3, -0.25) is 4.79 Å². The van der Waals surface area contributed by atoms with Crippen LogP contribution in [0.25, 0.3) is 0 Å². The molecule has 2 aromatic rings. The number of nitrogens with one attached hydrogen (secondary N) is 1. The molecule has 0 aliphatic carbocycles. The monoisotopic (exact) mass is 314 g/mol. The van der Waals surface area contributed by atoms with Crippen molar-refractivity contribution in [3.63, 3.8) is 0 Å². The summed E-state index contributed by atoms with van der Waals surface area (Å²) in [4.78, 5) is 15.6. The summed E-state index contributed by atoms with van der Waals surface area (Å²) in [6.45, 7) is 8.25. The predicted molar refractivity (Wildman–Crippen MR) is 91.6 cm³/mol. The van der Waals surface area contributed by atoms with Crippen LogP contribution < -0.4 is 20.1 Å². The Kier molecular flexibility index (Phi) is 4.50. The van der Waals surface area contributed by atoms with Crippen molar-refractivity contribution in [2.24, 2.45) is 0 Å². The lowest BCUT2D eigenvalue weighted by Gasteiger charge is -2.37. The highest BCUT2D eigenvalue weighted by Gasteiger charge is 2.20. The zero-order chi connectivity index (χ0) is 16.2. The standard InChI is InChI=1S/C17H22N4O2/c1-3-23-15-12-13(2)4-5-14(15)20-8-10-21(11-9-20)16-6-7-17(22)19-18-16/h4-7,12H,3,8-11H2,1-2H3,(H,19,22). The highest BCUT2D eigenvalue weighted by atomic mass is 16.5. The number of rotatable bonds is 4. The maximum Gasteiger partial charge on any atom is 0.264 e. The molecular formula is C17H22N4O2. The van der Waals surface area contributed by atoms with E-state index in [0.29, 0.717) is 6.61 Å². The van der Waals surface area contributed by atoms with E-state index >= 15 is 0 Å². The fourth-order valence-electron chi connectivity index (χ4n) is 2.84. The van der Waals surface area contributed by atoms with E-state index in [1.165, 1.54) is 11.6 Å². The molecule has 1 fully saturated rings. The molecule has 1 saturated heterocycles. The van der Waals surface area contributed by atoms with Gasteiger partial charge in [0.1, 0.15) is 11.6 Å². The molecule has 122 valence electrons. The van der Waals surface area contributed by atoms with Crippen molar-refractivity contribution < 1.29 is 4.74 Å². The van der Waals surface area contributed by atoms with E-state index in [0.717, 1.165) is 43.4 Å². The molecule has 0 bridgehead atoms.